The molecule has 1 N–H and O–H groups in total. The molecule has 1 aromatic heterocycles. The quantitative estimate of drug-likeness (QED) is 0.787. The molecule has 0 aromatic carbocycles. The third kappa shape index (κ3) is 1.93. The lowest BCUT2D eigenvalue weighted by Gasteiger charge is -2.13. The van der Waals surface area contributed by atoms with Crippen LogP contribution in [0, 0.1) is 0 Å². The first kappa shape index (κ1) is 9.96. The zero-order valence-corrected chi connectivity index (χ0v) is 8.86. The van der Waals surface area contributed by atoms with Gasteiger partial charge in [0.15, 0.2) is 0 Å². The molecule has 4 nitrogen and oxygen atoms in total. The van der Waals surface area contributed by atoms with Gasteiger partial charge in [0.1, 0.15) is 0 Å². The van der Waals surface area contributed by atoms with Gasteiger partial charge < -0.3 is 10.1 Å². The predicted octanol–water partition coefficient (Wildman–Crippen LogP) is 1.08. The predicted molar refractivity (Wildman–Crippen MR) is 55.8 cm³/mol. The maximum atomic E-state index is 11.2. The van der Waals surface area contributed by atoms with Gasteiger partial charge in [-0.05, 0) is 12.5 Å². The van der Waals surface area contributed by atoms with E-state index in [2.05, 4.69) is 10.3 Å². The van der Waals surface area contributed by atoms with Crippen LogP contribution in [0.1, 0.15) is 24.8 Å². The molecule has 1 aliphatic rings. The van der Waals surface area contributed by atoms with Crippen LogP contribution in [-0.4, -0.2) is 24.0 Å². The Balaban J connectivity index is 2.19. The zero-order chi connectivity index (χ0) is 10.8. The second kappa shape index (κ2) is 3.88. The molecule has 1 saturated heterocycles. The van der Waals surface area contributed by atoms with E-state index in [0.29, 0.717) is 12.3 Å². The lowest BCUT2D eigenvalue weighted by Crippen LogP contribution is -2.24. The molecule has 4 heteroatoms. The Morgan fingerprint density at radius 1 is 1.53 bits per heavy atom. The lowest BCUT2D eigenvalue weighted by atomic mass is 9.94. The third-order valence-electron chi connectivity index (χ3n) is 2.79. The standard InChI is InChI=1S/C11H14N2O2/c1-7-9(5-10(14)13-7)8-3-4-11(15-2)12-6-8/h3-4,6-7,9H,5H2,1-2H3,(H,13,14). The summed E-state index contributed by atoms with van der Waals surface area (Å²) in [5.74, 6) is 0.947. The van der Waals surface area contributed by atoms with Gasteiger partial charge in [-0.25, -0.2) is 4.98 Å². The summed E-state index contributed by atoms with van der Waals surface area (Å²) in [6, 6.07) is 3.98. The van der Waals surface area contributed by atoms with E-state index in [1.807, 2.05) is 19.1 Å². The first-order chi connectivity index (χ1) is 7.20. The number of hydrogen-bond acceptors (Lipinski definition) is 3. The van der Waals surface area contributed by atoms with Crippen molar-refractivity contribution in [2.45, 2.75) is 25.3 Å². The summed E-state index contributed by atoms with van der Waals surface area (Å²) in [5.41, 5.74) is 1.08. The van der Waals surface area contributed by atoms with Crippen LogP contribution in [0.2, 0.25) is 0 Å². The van der Waals surface area contributed by atoms with Crippen molar-refractivity contribution >= 4 is 5.91 Å². The molecule has 2 unspecified atom stereocenters. The summed E-state index contributed by atoms with van der Waals surface area (Å²) in [7, 11) is 1.59. The van der Waals surface area contributed by atoms with E-state index < -0.39 is 0 Å². The Labute approximate surface area is 88.7 Å². The van der Waals surface area contributed by atoms with Gasteiger partial charge in [-0.1, -0.05) is 6.07 Å². The van der Waals surface area contributed by atoms with Crippen molar-refractivity contribution in [1.82, 2.24) is 10.3 Å². The van der Waals surface area contributed by atoms with Crippen LogP contribution in [0.3, 0.4) is 0 Å². The first-order valence-corrected chi connectivity index (χ1v) is 5.00. The number of aromatic nitrogens is 1. The summed E-state index contributed by atoms with van der Waals surface area (Å²) in [6.45, 7) is 2.01. The van der Waals surface area contributed by atoms with Crippen molar-refractivity contribution in [2.75, 3.05) is 7.11 Å². The third-order valence-corrected chi connectivity index (χ3v) is 2.79. The Hall–Kier alpha value is -1.58. The van der Waals surface area contributed by atoms with E-state index >= 15 is 0 Å². The molecule has 0 bridgehead atoms. The number of carbonyl (C=O) groups is 1. The van der Waals surface area contributed by atoms with E-state index in [1.165, 1.54) is 0 Å². The number of nitrogens with one attached hydrogen (secondary N) is 1. The second-order valence-electron chi connectivity index (χ2n) is 3.80. The van der Waals surface area contributed by atoms with Crippen LogP contribution < -0.4 is 10.1 Å². The monoisotopic (exact) mass is 206 g/mol. The van der Waals surface area contributed by atoms with Gasteiger partial charge in [-0.15, -0.1) is 0 Å². The molecule has 0 saturated carbocycles. The van der Waals surface area contributed by atoms with Crippen LogP contribution in [0.5, 0.6) is 5.88 Å². The van der Waals surface area contributed by atoms with Gasteiger partial charge in [0, 0.05) is 30.6 Å². The Morgan fingerprint density at radius 2 is 2.33 bits per heavy atom. The van der Waals surface area contributed by atoms with Gasteiger partial charge in [0.05, 0.1) is 7.11 Å². The number of methoxy groups -OCH3 is 1. The maximum absolute atomic E-state index is 11.2. The first-order valence-electron chi connectivity index (χ1n) is 5.00. The summed E-state index contributed by atoms with van der Waals surface area (Å²) in [5, 5.41) is 2.90. The molecule has 0 aliphatic carbocycles. The van der Waals surface area contributed by atoms with E-state index in [0.717, 1.165) is 5.56 Å². The summed E-state index contributed by atoms with van der Waals surface area (Å²) in [6.07, 6.45) is 2.33. The minimum Gasteiger partial charge on any atom is -0.481 e. The van der Waals surface area contributed by atoms with Crippen molar-refractivity contribution in [3.63, 3.8) is 0 Å². The minimum absolute atomic E-state index is 0.114. The molecule has 2 atom stereocenters. The molecule has 80 valence electrons. The molecule has 2 rings (SSSR count). The number of hydrogen-bond donors (Lipinski definition) is 1. The maximum Gasteiger partial charge on any atom is 0.220 e. The highest BCUT2D eigenvalue weighted by atomic mass is 16.5. The Kier molecular flexibility index (Phi) is 2.58. The van der Waals surface area contributed by atoms with Crippen molar-refractivity contribution in [1.29, 1.82) is 0 Å². The van der Waals surface area contributed by atoms with Crippen molar-refractivity contribution < 1.29 is 9.53 Å². The lowest BCUT2D eigenvalue weighted by molar-refractivity contribution is -0.119. The van der Waals surface area contributed by atoms with Gasteiger partial charge in [-0.3, -0.25) is 4.79 Å². The average Bonchev–Trinajstić information content (AvgIpc) is 2.58. The van der Waals surface area contributed by atoms with Gasteiger partial charge in [0.2, 0.25) is 11.8 Å². The molecule has 2 heterocycles. The largest absolute Gasteiger partial charge is 0.481 e. The topological polar surface area (TPSA) is 51.2 Å². The zero-order valence-electron chi connectivity index (χ0n) is 8.86. The van der Waals surface area contributed by atoms with E-state index in [9.17, 15) is 4.79 Å². The van der Waals surface area contributed by atoms with Crippen molar-refractivity contribution in [3.8, 4) is 5.88 Å². The number of ether oxygens (including phenoxy) is 1. The molecule has 1 fully saturated rings. The number of amides is 1. The SMILES string of the molecule is COc1ccc(C2CC(=O)NC2C)cn1. The highest BCUT2D eigenvalue weighted by Gasteiger charge is 2.30. The van der Waals surface area contributed by atoms with Crippen molar-refractivity contribution in [2.24, 2.45) is 0 Å². The molecular weight excluding hydrogens is 192 g/mol. The summed E-state index contributed by atoms with van der Waals surface area (Å²) < 4.78 is 4.99. The van der Waals surface area contributed by atoms with Crippen LogP contribution >= 0.6 is 0 Å². The van der Waals surface area contributed by atoms with E-state index in [-0.39, 0.29) is 17.9 Å². The van der Waals surface area contributed by atoms with Crippen LogP contribution in [0.25, 0.3) is 0 Å². The second-order valence-corrected chi connectivity index (χ2v) is 3.80. The van der Waals surface area contributed by atoms with Crippen LogP contribution in [0.4, 0.5) is 0 Å². The van der Waals surface area contributed by atoms with E-state index in [4.69, 9.17) is 4.74 Å². The van der Waals surface area contributed by atoms with Gasteiger partial charge >= 0.3 is 0 Å². The highest BCUT2D eigenvalue weighted by molar-refractivity contribution is 5.80. The Bertz CT molecular complexity index is 361. The number of rotatable bonds is 2. The molecule has 1 aliphatic heterocycles. The van der Waals surface area contributed by atoms with Gasteiger partial charge in [-0.2, -0.15) is 0 Å². The molecule has 15 heavy (non-hydrogen) atoms. The normalized spacial score (nSPS) is 25.1. The van der Waals surface area contributed by atoms with Crippen LogP contribution in [0.15, 0.2) is 18.3 Å². The molecule has 0 spiro atoms. The Morgan fingerprint density at radius 3 is 2.80 bits per heavy atom. The summed E-state index contributed by atoms with van der Waals surface area (Å²) in [4.78, 5) is 15.3. The molecule has 0 radical (unpaired) electrons. The fourth-order valence-electron chi connectivity index (χ4n) is 1.93. The number of carbonyl (C=O) groups excluding carboxylic acids is 1. The summed E-state index contributed by atoms with van der Waals surface area (Å²) >= 11 is 0. The fraction of sp³-hybridized carbons (Fsp3) is 0.455. The van der Waals surface area contributed by atoms with Crippen LogP contribution in [-0.2, 0) is 4.79 Å². The molecule has 1 amide bonds. The smallest absolute Gasteiger partial charge is 0.220 e. The molecular formula is C11H14N2O2. The number of nitrogens with zero attached hydrogens (tertiary/aromatic N) is 1. The number of pyridine rings is 1. The minimum atomic E-state index is 0.114. The fourth-order valence-corrected chi connectivity index (χ4v) is 1.93. The van der Waals surface area contributed by atoms with E-state index in [1.54, 1.807) is 13.3 Å². The average molecular weight is 206 g/mol. The molecule has 1 aromatic rings. The van der Waals surface area contributed by atoms with Gasteiger partial charge in [0.25, 0.3) is 0 Å². The van der Waals surface area contributed by atoms with Crippen molar-refractivity contribution in [3.05, 3.63) is 23.9 Å². The highest BCUT2D eigenvalue weighted by Crippen LogP contribution is 2.28.